The summed E-state index contributed by atoms with van der Waals surface area (Å²) >= 11 is 0. The third-order valence-electron chi connectivity index (χ3n) is 5.07. The molecule has 1 atom stereocenters. The zero-order chi connectivity index (χ0) is 20.6. The number of benzene rings is 2. The second-order valence-electron chi connectivity index (χ2n) is 7.36. The molecule has 1 heterocycles. The van der Waals surface area contributed by atoms with Crippen LogP contribution in [0.5, 0.6) is 5.75 Å². The van der Waals surface area contributed by atoms with Crippen molar-refractivity contribution in [2.75, 3.05) is 29.9 Å². The Hall–Kier alpha value is -3.02. The fraction of sp³-hybridized carbons (Fsp3) is 0.391. The Morgan fingerprint density at radius 3 is 2.52 bits per heavy atom. The first-order chi connectivity index (χ1) is 14.1. The van der Waals surface area contributed by atoms with Crippen LogP contribution in [0.2, 0.25) is 0 Å². The Labute approximate surface area is 172 Å². The zero-order valence-corrected chi connectivity index (χ0v) is 17.1. The lowest BCUT2D eigenvalue weighted by Gasteiger charge is -2.23. The molecule has 6 nitrogen and oxygen atoms in total. The zero-order valence-electron chi connectivity index (χ0n) is 17.1. The van der Waals surface area contributed by atoms with Gasteiger partial charge < -0.3 is 20.3 Å². The fourth-order valence-corrected chi connectivity index (χ4v) is 3.30. The van der Waals surface area contributed by atoms with Gasteiger partial charge in [-0.1, -0.05) is 25.1 Å². The highest BCUT2D eigenvalue weighted by Crippen LogP contribution is 2.28. The number of anilines is 2. The van der Waals surface area contributed by atoms with Crippen LogP contribution >= 0.6 is 0 Å². The molecule has 2 amide bonds. The molecule has 2 aromatic carbocycles. The molecule has 29 heavy (non-hydrogen) atoms. The Kier molecular flexibility index (Phi) is 7.11. The van der Waals surface area contributed by atoms with Crippen LogP contribution in [0.1, 0.15) is 43.5 Å². The van der Waals surface area contributed by atoms with Crippen molar-refractivity contribution in [3.63, 3.8) is 0 Å². The largest absolute Gasteiger partial charge is 0.484 e. The average Bonchev–Trinajstić information content (AvgIpc) is 3.27. The molecule has 0 saturated carbocycles. The molecule has 0 aliphatic carbocycles. The van der Waals surface area contributed by atoms with Crippen molar-refractivity contribution in [2.24, 2.45) is 0 Å². The Bertz CT molecular complexity index is 833. The highest BCUT2D eigenvalue weighted by Gasteiger charge is 2.21. The number of carbonyl (C=O) groups excluding carboxylic acids is 2. The number of carbonyl (C=O) groups is 2. The van der Waals surface area contributed by atoms with Crippen LogP contribution < -0.4 is 20.3 Å². The molecule has 1 saturated heterocycles. The number of rotatable bonds is 8. The van der Waals surface area contributed by atoms with E-state index in [1.807, 2.05) is 44.2 Å². The minimum absolute atomic E-state index is 0.0893. The van der Waals surface area contributed by atoms with E-state index in [1.54, 1.807) is 18.2 Å². The molecule has 2 aromatic rings. The lowest BCUT2D eigenvalue weighted by Crippen LogP contribution is -2.33. The second kappa shape index (κ2) is 9.96. The number of amides is 2. The number of hydrogen-bond donors (Lipinski definition) is 2. The summed E-state index contributed by atoms with van der Waals surface area (Å²) in [5.74, 6) is 0.259. The van der Waals surface area contributed by atoms with Crippen LogP contribution in [0.15, 0.2) is 48.5 Å². The molecule has 0 radical (unpaired) electrons. The normalized spacial score (nSPS) is 14.3. The monoisotopic (exact) mass is 395 g/mol. The average molecular weight is 396 g/mol. The van der Waals surface area contributed by atoms with E-state index in [-0.39, 0.29) is 24.5 Å². The van der Waals surface area contributed by atoms with E-state index in [2.05, 4.69) is 15.5 Å². The van der Waals surface area contributed by atoms with E-state index < -0.39 is 0 Å². The van der Waals surface area contributed by atoms with Gasteiger partial charge in [0, 0.05) is 30.5 Å². The van der Waals surface area contributed by atoms with Gasteiger partial charge in [0.25, 0.3) is 11.8 Å². The minimum atomic E-state index is -0.268. The molecule has 1 aliphatic heterocycles. The highest BCUT2D eigenvalue weighted by atomic mass is 16.5. The van der Waals surface area contributed by atoms with Crippen molar-refractivity contribution in [2.45, 2.75) is 39.2 Å². The highest BCUT2D eigenvalue weighted by molar-refractivity contribution is 6.02. The third kappa shape index (κ3) is 5.73. The molecule has 154 valence electrons. The summed E-state index contributed by atoms with van der Waals surface area (Å²) in [4.78, 5) is 27.4. The first-order valence-electron chi connectivity index (χ1n) is 10.2. The van der Waals surface area contributed by atoms with E-state index in [0.717, 1.165) is 38.0 Å². The summed E-state index contributed by atoms with van der Waals surface area (Å²) in [6.07, 6.45) is 3.11. The van der Waals surface area contributed by atoms with Crippen LogP contribution in [0.4, 0.5) is 11.4 Å². The maximum absolute atomic E-state index is 12.9. The standard InChI is InChI=1S/C23H29N3O3/c1-3-17(2)24-23(28)20-15-18(11-12-21(20)26-13-7-8-14-26)25-22(27)16-29-19-9-5-4-6-10-19/h4-6,9-12,15,17H,3,7-8,13-14,16H2,1-2H3,(H,24,28)(H,25,27). The van der Waals surface area contributed by atoms with Crippen LogP contribution in [-0.4, -0.2) is 37.6 Å². The molecule has 0 bridgehead atoms. The van der Waals surface area contributed by atoms with E-state index in [4.69, 9.17) is 4.74 Å². The predicted molar refractivity (Wildman–Crippen MR) is 116 cm³/mol. The predicted octanol–water partition coefficient (Wildman–Crippen LogP) is 3.83. The summed E-state index contributed by atoms with van der Waals surface area (Å²) in [7, 11) is 0. The molecule has 3 rings (SSSR count). The smallest absolute Gasteiger partial charge is 0.262 e. The Morgan fingerprint density at radius 2 is 1.83 bits per heavy atom. The number of para-hydroxylation sites is 1. The lowest BCUT2D eigenvalue weighted by atomic mass is 10.1. The molecule has 2 N–H and O–H groups in total. The maximum Gasteiger partial charge on any atom is 0.262 e. The van der Waals surface area contributed by atoms with Gasteiger partial charge in [0.15, 0.2) is 6.61 Å². The second-order valence-corrected chi connectivity index (χ2v) is 7.36. The summed E-state index contributed by atoms with van der Waals surface area (Å²) in [5.41, 5.74) is 2.10. The van der Waals surface area contributed by atoms with Gasteiger partial charge in [0.2, 0.25) is 0 Å². The van der Waals surface area contributed by atoms with Gasteiger partial charge in [-0.15, -0.1) is 0 Å². The van der Waals surface area contributed by atoms with Crippen LogP contribution in [0.3, 0.4) is 0 Å². The van der Waals surface area contributed by atoms with Gasteiger partial charge in [-0.25, -0.2) is 0 Å². The molecule has 1 fully saturated rings. The van der Waals surface area contributed by atoms with Crippen molar-refractivity contribution in [3.05, 3.63) is 54.1 Å². The molecule has 1 unspecified atom stereocenters. The lowest BCUT2D eigenvalue weighted by molar-refractivity contribution is -0.118. The minimum Gasteiger partial charge on any atom is -0.484 e. The Balaban J connectivity index is 1.72. The molecule has 0 spiro atoms. The summed E-state index contributed by atoms with van der Waals surface area (Å²) in [6.45, 7) is 5.82. The van der Waals surface area contributed by atoms with Gasteiger partial charge in [-0.3, -0.25) is 9.59 Å². The van der Waals surface area contributed by atoms with Crippen LogP contribution in [-0.2, 0) is 4.79 Å². The van der Waals surface area contributed by atoms with Crippen LogP contribution in [0.25, 0.3) is 0 Å². The van der Waals surface area contributed by atoms with Gasteiger partial charge in [0.1, 0.15) is 5.75 Å². The quantitative estimate of drug-likeness (QED) is 0.713. The van der Waals surface area contributed by atoms with Crippen molar-refractivity contribution < 1.29 is 14.3 Å². The Morgan fingerprint density at radius 1 is 1.10 bits per heavy atom. The molecular formula is C23H29N3O3. The van der Waals surface area contributed by atoms with Gasteiger partial charge >= 0.3 is 0 Å². The fourth-order valence-electron chi connectivity index (χ4n) is 3.30. The molecule has 0 aromatic heterocycles. The van der Waals surface area contributed by atoms with Crippen molar-refractivity contribution in [1.82, 2.24) is 5.32 Å². The number of ether oxygens (including phenoxy) is 1. The van der Waals surface area contributed by atoms with Crippen molar-refractivity contribution in [3.8, 4) is 5.75 Å². The van der Waals surface area contributed by atoms with Crippen molar-refractivity contribution >= 4 is 23.2 Å². The van der Waals surface area contributed by atoms with E-state index >= 15 is 0 Å². The number of hydrogen-bond acceptors (Lipinski definition) is 4. The van der Waals surface area contributed by atoms with Gasteiger partial charge in [-0.2, -0.15) is 0 Å². The molecular weight excluding hydrogens is 366 g/mol. The molecule has 6 heteroatoms. The van der Waals surface area contributed by atoms with Crippen LogP contribution in [0, 0.1) is 0 Å². The number of nitrogens with one attached hydrogen (secondary N) is 2. The van der Waals surface area contributed by atoms with Crippen molar-refractivity contribution in [1.29, 1.82) is 0 Å². The van der Waals surface area contributed by atoms with Gasteiger partial charge in [-0.05, 0) is 56.5 Å². The summed E-state index contributed by atoms with van der Waals surface area (Å²) in [5, 5.41) is 5.86. The topological polar surface area (TPSA) is 70.7 Å². The SMILES string of the molecule is CCC(C)NC(=O)c1cc(NC(=O)COc2ccccc2)ccc1N1CCCC1. The van der Waals surface area contributed by atoms with E-state index in [0.29, 0.717) is 17.0 Å². The third-order valence-corrected chi connectivity index (χ3v) is 5.07. The maximum atomic E-state index is 12.9. The summed E-state index contributed by atoms with van der Waals surface area (Å²) in [6, 6.07) is 14.8. The first-order valence-corrected chi connectivity index (χ1v) is 10.2. The first kappa shape index (κ1) is 20.7. The number of nitrogens with zero attached hydrogens (tertiary/aromatic N) is 1. The van der Waals surface area contributed by atoms with Gasteiger partial charge in [0.05, 0.1) is 5.56 Å². The van der Waals surface area contributed by atoms with E-state index in [9.17, 15) is 9.59 Å². The summed E-state index contributed by atoms with van der Waals surface area (Å²) < 4.78 is 5.49. The van der Waals surface area contributed by atoms with E-state index in [1.165, 1.54) is 0 Å². The molecule has 1 aliphatic rings.